The van der Waals surface area contributed by atoms with Crippen LogP contribution in [0.2, 0.25) is 0 Å². The molecule has 5 N–H and O–H groups in total. The molecule has 2 saturated heterocycles. The Hall–Kier alpha value is -2.19. The van der Waals surface area contributed by atoms with Crippen LogP contribution >= 0.6 is 7.82 Å². The van der Waals surface area contributed by atoms with Crippen molar-refractivity contribution in [2.45, 2.75) is 128 Å². The molecule has 0 aliphatic carbocycles. The maximum absolute atomic E-state index is 15.7. The number of anilines is 2. The lowest BCUT2D eigenvalue weighted by molar-refractivity contribution is -0.0564. The Bertz CT molecular complexity index is 1300. The number of nitrogens with two attached hydrogens (primary N) is 2. The average Bonchev–Trinajstić information content (AvgIpc) is 3.67. The predicted molar refractivity (Wildman–Crippen MR) is 174 cm³/mol. The topological polar surface area (TPSA) is 179 Å². The standard InChI is InChI=1S/C31H52FN6O7P/c1-3-4-5-6-7-8-9-10-11-12-13-14-15-16-17-18-41-19-23-20-42-46(40,45-23)43-21-24-26(39)31(2,32)29(44-24)38-22-35-25-27(33)36-30(34)37-28(25)38/h10-11,22-24,26,29,39H,3-9,12-21H2,1-2H3,(H4,33,34,36,37)/b11-10-/t23-,24+,26-,29+,31-,46?/m0/s1. The van der Waals surface area contributed by atoms with Gasteiger partial charge in [-0.15, -0.1) is 0 Å². The smallest absolute Gasteiger partial charge is 0.387 e. The van der Waals surface area contributed by atoms with Crippen LogP contribution in [0.25, 0.3) is 11.2 Å². The summed E-state index contributed by atoms with van der Waals surface area (Å²) >= 11 is 0. The summed E-state index contributed by atoms with van der Waals surface area (Å²) in [5.74, 6) is -0.0920. The number of allylic oxidation sites excluding steroid dienone is 2. The average molecular weight is 671 g/mol. The van der Waals surface area contributed by atoms with Crippen LogP contribution in [0.15, 0.2) is 18.5 Å². The third kappa shape index (κ3) is 10.2. The van der Waals surface area contributed by atoms with Gasteiger partial charge in [-0.2, -0.15) is 9.97 Å². The minimum Gasteiger partial charge on any atom is -0.387 e. The molecular formula is C31H52FN6O7P. The number of phosphoric ester groups is 1. The summed E-state index contributed by atoms with van der Waals surface area (Å²) in [6.45, 7) is 3.81. The van der Waals surface area contributed by atoms with Crippen molar-refractivity contribution >= 4 is 30.8 Å². The van der Waals surface area contributed by atoms with Gasteiger partial charge < -0.3 is 26.0 Å². The molecule has 6 atom stereocenters. The van der Waals surface area contributed by atoms with Crippen molar-refractivity contribution < 1.29 is 37.1 Å². The van der Waals surface area contributed by atoms with Crippen LogP contribution in [-0.2, 0) is 27.6 Å². The molecule has 4 rings (SSSR count). The number of hydrogen-bond acceptors (Lipinski definition) is 12. The van der Waals surface area contributed by atoms with E-state index in [0.29, 0.717) is 6.61 Å². The van der Waals surface area contributed by atoms with Gasteiger partial charge in [-0.05, 0) is 39.0 Å². The molecule has 2 fully saturated rings. The first-order chi connectivity index (χ1) is 22.1. The lowest BCUT2D eigenvalue weighted by atomic mass is 9.98. The number of phosphoric acid groups is 1. The van der Waals surface area contributed by atoms with Crippen molar-refractivity contribution in [1.29, 1.82) is 0 Å². The molecule has 2 aromatic rings. The SMILES string of the molecule is CCCCCCCC/C=C\CCCCCCCOC[C@H]1COP(=O)(OC[C@H]2O[C@@H](n3cnc4c(N)nc(N)nc43)[C@@](C)(F)[C@H]2O)O1. The highest BCUT2D eigenvalue weighted by atomic mass is 31.2. The normalized spacial score (nSPS) is 28.3. The van der Waals surface area contributed by atoms with Gasteiger partial charge in [0.05, 0.1) is 26.1 Å². The molecule has 2 aliphatic rings. The first-order valence-electron chi connectivity index (χ1n) is 16.7. The van der Waals surface area contributed by atoms with E-state index in [1.54, 1.807) is 0 Å². The lowest BCUT2D eigenvalue weighted by Gasteiger charge is -2.24. The highest BCUT2D eigenvalue weighted by molar-refractivity contribution is 7.48. The van der Waals surface area contributed by atoms with E-state index in [1.807, 2.05) is 0 Å². The molecule has 260 valence electrons. The quantitative estimate of drug-likeness (QED) is 0.0781. The van der Waals surface area contributed by atoms with E-state index in [2.05, 4.69) is 34.0 Å². The van der Waals surface area contributed by atoms with Crippen molar-refractivity contribution in [2.24, 2.45) is 0 Å². The Labute approximate surface area is 271 Å². The maximum Gasteiger partial charge on any atom is 0.475 e. The monoisotopic (exact) mass is 670 g/mol. The fourth-order valence-corrected chi connectivity index (χ4v) is 7.06. The first-order valence-corrected chi connectivity index (χ1v) is 18.2. The van der Waals surface area contributed by atoms with Gasteiger partial charge in [0.15, 0.2) is 23.4 Å². The summed E-state index contributed by atoms with van der Waals surface area (Å²) in [6.07, 6.45) is 17.2. The molecule has 2 aromatic heterocycles. The fraction of sp³-hybridized carbons (Fsp3) is 0.774. The molecular weight excluding hydrogens is 618 g/mol. The number of alkyl halides is 1. The van der Waals surface area contributed by atoms with Crippen LogP contribution in [0.5, 0.6) is 0 Å². The number of aliphatic hydroxyl groups excluding tert-OH is 1. The number of aliphatic hydroxyl groups is 1. The molecule has 13 nitrogen and oxygen atoms in total. The molecule has 0 saturated carbocycles. The largest absolute Gasteiger partial charge is 0.475 e. The number of fused-ring (bicyclic) bond motifs is 1. The van der Waals surface area contributed by atoms with E-state index in [-0.39, 0.29) is 36.1 Å². The van der Waals surface area contributed by atoms with Crippen molar-refractivity contribution in [2.75, 3.05) is 37.9 Å². The molecule has 0 spiro atoms. The number of rotatable bonds is 21. The van der Waals surface area contributed by atoms with Crippen LogP contribution < -0.4 is 11.5 Å². The van der Waals surface area contributed by atoms with Gasteiger partial charge in [0.25, 0.3) is 0 Å². The van der Waals surface area contributed by atoms with Crippen LogP contribution in [0.3, 0.4) is 0 Å². The zero-order valence-corrected chi connectivity index (χ0v) is 28.1. The van der Waals surface area contributed by atoms with E-state index in [9.17, 15) is 9.67 Å². The van der Waals surface area contributed by atoms with Gasteiger partial charge in [-0.25, -0.2) is 13.9 Å². The van der Waals surface area contributed by atoms with Gasteiger partial charge in [-0.3, -0.25) is 18.1 Å². The van der Waals surface area contributed by atoms with Crippen LogP contribution in [0.4, 0.5) is 16.2 Å². The number of nitrogens with zero attached hydrogens (tertiary/aromatic N) is 4. The highest BCUT2D eigenvalue weighted by Crippen LogP contribution is 2.56. The number of ether oxygens (including phenoxy) is 2. The Morgan fingerprint density at radius 3 is 2.46 bits per heavy atom. The second-order valence-corrected chi connectivity index (χ2v) is 14.0. The second-order valence-electron chi connectivity index (χ2n) is 12.3. The maximum atomic E-state index is 15.7. The fourth-order valence-electron chi connectivity index (χ4n) is 5.70. The molecule has 2 aliphatic heterocycles. The second kappa shape index (κ2) is 17.8. The summed E-state index contributed by atoms with van der Waals surface area (Å²) in [6, 6.07) is 0. The molecule has 0 radical (unpaired) electrons. The van der Waals surface area contributed by atoms with Crippen LogP contribution in [-0.4, -0.2) is 75.0 Å². The number of nitrogen functional groups attached to an aromatic ring is 2. The third-order valence-corrected chi connectivity index (χ3v) is 9.87. The van der Waals surface area contributed by atoms with Gasteiger partial charge in [0.2, 0.25) is 5.95 Å². The molecule has 0 bridgehead atoms. The Kier molecular flexibility index (Phi) is 14.2. The zero-order valence-electron chi connectivity index (χ0n) is 27.2. The van der Waals surface area contributed by atoms with Gasteiger partial charge in [-0.1, -0.05) is 70.4 Å². The zero-order chi connectivity index (χ0) is 33.0. The van der Waals surface area contributed by atoms with Crippen molar-refractivity contribution in [3.8, 4) is 0 Å². The molecule has 4 heterocycles. The molecule has 1 unspecified atom stereocenters. The van der Waals surface area contributed by atoms with Crippen LogP contribution in [0.1, 0.15) is 104 Å². The number of aromatic nitrogens is 4. The molecule has 0 amide bonds. The number of imidazole rings is 1. The summed E-state index contributed by atoms with van der Waals surface area (Å²) in [7, 11) is -3.94. The summed E-state index contributed by atoms with van der Waals surface area (Å²) in [5.41, 5.74) is 9.62. The minimum atomic E-state index is -3.94. The van der Waals surface area contributed by atoms with Gasteiger partial charge in [0, 0.05) is 6.61 Å². The predicted octanol–water partition coefficient (Wildman–Crippen LogP) is 6.18. The summed E-state index contributed by atoms with van der Waals surface area (Å²) < 4.78 is 57.7. The highest BCUT2D eigenvalue weighted by Gasteiger charge is 2.56. The molecule has 46 heavy (non-hydrogen) atoms. The molecule has 0 aromatic carbocycles. The van der Waals surface area contributed by atoms with E-state index in [1.165, 1.54) is 82.0 Å². The lowest BCUT2D eigenvalue weighted by Crippen LogP contribution is -2.40. The van der Waals surface area contributed by atoms with Gasteiger partial charge in [0.1, 0.15) is 23.8 Å². The third-order valence-electron chi connectivity index (χ3n) is 8.38. The van der Waals surface area contributed by atoms with E-state index < -0.39 is 44.6 Å². The van der Waals surface area contributed by atoms with Crippen molar-refractivity contribution in [1.82, 2.24) is 19.5 Å². The molecule has 15 heteroatoms. The Morgan fingerprint density at radius 2 is 1.74 bits per heavy atom. The Balaban J connectivity index is 1.07. The van der Waals surface area contributed by atoms with Crippen molar-refractivity contribution in [3.05, 3.63) is 18.5 Å². The minimum absolute atomic E-state index is 0.0278. The Morgan fingerprint density at radius 1 is 1.07 bits per heavy atom. The first kappa shape index (κ1) is 36.6. The number of unbranched alkanes of at least 4 members (excludes halogenated alkanes) is 11. The van der Waals surface area contributed by atoms with E-state index >= 15 is 4.39 Å². The van der Waals surface area contributed by atoms with Crippen LogP contribution in [0, 0.1) is 0 Å². The number of halogens is 1. The van der Waals surface area contributed by atoms with Crippen molar-refractivity contribution in [3.63, 3.8) is 0 Å². The summed E-state index contributed by atoms with van der Waals surface area (Å²) in [5, 5.41) is 10.7. The summed E-state index contributed by atoms with van der Waals surface area (Å²) in [4.78, 5) is 12.1. The van der Waals surface area contributed by atoms with E-state index in [4.69, 9.17) is 34.5 Å². The van der Waals surface area contributed by atoms with E-state index in [0.717, 1.165) is 19.3 Å². The number of hydrogen-bond donors (Lipinski definition) is 3. The van der Waals surface area contributed by atoms with Gasteiger partial charge >= 0.3 is 7.82 Å².